The summed E-state index contributed by atoms with van der Waals surface area (Å²) in [4.78, 5) is 42.8. The maximum atomic E-state index is 15.0. The molecule has 17 heteroatoms. The Balaban J connectivity index is 0.00000680. The molecule has 0 aromatic rings. The van der Waals surface area contributed by atoms with Gasteiger partial charge in [0.1, 0.15) is 18.3 Å². The molecule has 64 heavy (non-hydrogen) atoms. The van der Waals surface area contributed by atoms with Crippen LogP contribution in [0.15, 0.2) is 12.2 Å². The van der Waals surface area contributed by atoms with Crippen LogP contribution in [0, 0.1) is 35.0 Å². The summed E-state index contributed by atoms with van der Waals surface area (Å²) in [6.45, 7) is 11.5. The topological polar surface area (TPSA) is 184 Å². The molecule has 7 aliphatic rings. The van der Waals surface area contributed by atoms with Crippen LogP contribution < -0.4 is 29.6 Å². The molecule has 15 nitrogen and oxygen atoms in total. The SMILES string of the molecule is C#CCCCCC(=O)O[C@H](C)[C@@H]1C/C=C\CC[C@H](O)C(C)(C)[C@@H]2CC[C@@H](C)[C@]3(O2)O[B-]24O[C@@H](C(=O)O1)[C@@]1(O[C@@H](CC[C@H]1C)C(C)(C)[C@H](O)CCC[C@@H]1C[C@H](OC(=O)[C@@H]3O2)[C@@H](C)O1)O4.[Na+]. The first-order chi connectivity index (χ1) is 29.8. The molecule has 6 saturated heterocycles. The Morgan fingerprint density at radius 2 is 1.42 bits per heavy atom. The van der Waals surface area contributed by atoms with Gasteiger partial charge in [-0.05, 0) is 84.5 Å². The van der Waals surface area contributed by atoms with Gasteiger partial charge < -0.3 is 57.3 Å². The van der Waals surface area contributed by atoms with Crippen LogP contribution in [-0.2, 0) is 61.4 Å². The molecule has 354 valence electrons. The molecule has 0 amide bonds. The molecule has 0 aliphatic carbocycles. The number of aliphatic hydroxyl groups is 2. The Morgan fingerprint density at radius 1 is 0.844 bits per heavy atom. The van der Waals surface area contributed by atoms with Crippen molar-refractivity contribution < 1.29 is 101 Å². The molecule has 1 unspecified atom stereocenters. The molecule has 7 heterocycles. The number of unbranched alkanes of at least 4 members (excludes halogenated alkanes) is 2. The van der Waals surface area contributed by atoms with E-state index < -0.39 is 120 Å². The molecule has 16 atom stereocenters. The number of hydrogen-bond donors (Lipinski definition) is 2. The van der Waals surface area contributed by atoms with Gasteiger partial charge >= 0.3 is 54.4 Å². The van der Waals surface area contributed by atoms with Crippen LogP contribution in [0.3, 0.4) is 0 Å². The Hall–Kier alpha value is -1.59. The van der Waals surface area contributed by atoms with Crippen LogP contribution >= 0.6 is 0 Å². The second kappa shape index (κ2) is 20.6. The monoisotopic (exact) mass is 910 g/mol. The number of allylic oxidation sites excluding steroid dienone is 1. The minimum absolute atomic E-state index is 0. The normalized spacial score (nSPS) is 44.3. The predicted octanol–water partition coefficient (Wildman–Crippen LogP) is 3.10. The number of carbonyl (C=O) groups excluding carboxylic acids is 3. The number of esters is 3. The van der Waals surface area contributed by atoms with Crippen molar-refractivity contribution in [1.29, 1.82) is 0 Å². The van der Waals surface area contributed by atoms with E-state index >= 15 is 4.79 Å². The standard InChI is InChI=1S/C47H72BO15.Na/c1-10-11-12-16-22-39(51)55-30(4)33-19-14-13-15-20-35(49)44(6,7)37-25-23-29(3)47(58-37)41-43(53)57-34-27-32(54-31(34)5)18-17-21-36(50)45(8,9)38-26-24-28(2)46(59-38)40(42(52)56-33)60-48(61-41,62-46)63-47;/h1,13-14,28-38,40-41,49-50H,11-12,15-27H2,2-9H3;/q-1;+1/b14-13-;/t28-,29-,30-,31-,32-,33+,34+,35+,36-,37+,38+,40+,41+,46+,47+,48?;/m1./s1. The van der Waals surface area contributed by atoms with Gasteiger partial charge in [-0.1, -0.05) is 53.7 Å². The van der Waals surface area contributed by atoms with E-state index in [0.29, 0.717) is 83.5 Å². The summed E-state index contributed by atoms with van der Waals surface area (Å²) in [5.74, 6) is -4.29. The van der Waals surface area contributed by atoms with E-state index in [4.69, 9.17) is 53.5 Å². The summed E-state index contributed by atoms with van der Waals surface area (Å²) in [7, 11) is 0. The van der Waals surface area contributed by atoms with E-state index in [2.05, 4.69) is 5.92 Å². The summed E-state index contributed by atoms with van der Waals surface area (Å²) in [6.07, 6.45) is 7.21. The van der Waals surface area contributed by atoms with Crippen LogP contribution in [0.5, 0.6) is 0 Å². The van der Waals surface area contributed by atoms with Crippen LogP contribution in [0.1, 0.15) is 152 Å². The number of rotatable bonds is 6. The number of carbonyl (C=O) groups is 3. The van der Waals surface area contributed by atoms with Gasteiger partial charge in [-0.25, -0.2) is 9.59 Å². The zero-order chi connectivity index (χ0) is 45.5. The maximum absolute atomic E-state index is 15.0. The number of fused-ring (bicyclic) bond motifs is 6. The molecule has 2 N–H and O–H groups in total. The van der Waals surface area contributed by atoms with Crippen molar-refractivity contribution in [1.82, 2.24) is 0 Å². The van der Waals surface area contributed by atoms with Gasteiger partial charge in [-0.15, -0.1) is 12.3 Å². The molecule has 0 radical (unpaired) electrons. The average molecular weight is 911 g/mol. The van der Waals surface area contributed by atoms with Gasteiger partial charge in [0.05, 0.1) is 36.6 Å². The largest absolute Gasteiger partial charge is 1.00 e. The van der Waals surface area contributed by atoms with Crippen LogP contribution in [0.2, 0.25) is 0 Å². The number of aliphatic hydroxyl groups excluding tert-OH is 2. The molecule has 0 saturated carbocycles. The van der Waals surface area contributed by atoms with Gasteiger partial charge in [-0.3, -0.25) is 4.79 Å². The van der Waals surface area contributed by atoms with E-state index in [1.165, 1.54) is 0 Å². The second-order valence-electron chi connectivity index (χ2n) is 20.6. The number of ether oxygens (including phenoxy) is 6. The van der Waals surface area contributed by atoms with Crippen molar-refractivity contribution in [3.8, 4) is 12.3 Å². The molecule has 6 fully saturated rings. The van der Waals surface area contributed by atoms with Gasteiger partial charge in [-0.2, -0.15) is 0 Å². The second-order valence-corrected chi connectivity index (χ2v) is 20.6. The summed E-state index contributed by atoms with van der Waals surface area (Å²) < 4.78 is 66.1. The third-order valence-electron chi connectivity index (χ3n) is 15.4. The number of hydrogen-bond acceptors (Lipinski definition) is 15. The molecular formula is C47H72BNaO15. The molecule has 7 aliphatic heterocycles. The Labute approximate surface area is 401 Å². The molecule has 9 bridgehead atoms. The van der Waals surface area contributed by atoms with E-state index in [9.17, 15) is 19.8 Å². The fourth-order valence-electron chi connectivity index (χ4n) is 10.8. The summed E-state index contributed by atoms with van der Waals surface area (Å²) in [5, 5.41) is 23.6. The Kier molecular flexibility index (Phi) is 16.6. The van der Waals surface area contributed by atoms with Crippen molar-refractivity contribution in [2.45, 2.75) is 230 Å². The molecule has 0 aromatic heterocycles. The van der Waals surface area contributed by atoms with Crippen molar-refractivity contribution in [3.63, 3.8) is 0 Å². The van der Waals surface area contributed by atoms with E-state index in [-0.39, 0.29) is 48.5 Å². The van der Waals surface area contributed by atoms with Crippen molar-refractivity contribution in [2.75, 3.05) is 0 Å². The fourth-order valence-corrected chi connectivity index (χ4v) is 10.8. The minimum atomic E-state index is -3.52. The van der Waals surface area contributed by atoms with Crippen LogP contribution in [0.25, 0.3) is 0 Å². The van der Waals surface area contributed by atoms with E-state index in [1.807, 2.05) is 60.6 Å². The van der Waals surface area contributed by atoms with E-state index in [1.54, 1.807) is 6.92 Å². The molecule has 3 spiro atoms. The van der Waals surface area contributed by atoms with Gasteiger partial charge in [0.25, 0.3) is 0 Å². The van der Waals surface area contributed by atoms with Gasteiger partial charge in [0, 0.05) is 48.3 Å². The van der Waals surface area contributed by atoms with Gasteiger partial charge in [0.15, 0.2) is 23.8 Å². The first kappa shape index (κ1) is 51.8. The predicted molar refractivity (Wildman–Crippen MR) is 228 cm³/mol. The van der Waals surface area contributed by atoms with Crippen molar-refractivity contribution >= 4 is 24.9 Å². The molecule has 0 aromatic carbocycles. The summed E-state index contributed by atoms with van der Waals surface area (Å²) in [6, 6.07) is 0. The summed E-state index contributed by atoms with van der Waals surface area (Å²) >= 11 is 0. The smallest absolute Gasteiger partial charge is 0.504 e. The van der Waals surface area contributed by atoms with Crippen LogP contribution in [-0.4, -0.2) is 114 Å². The Bertz CT molecular complexity index is 1740. The van der Waals surface area contributed by atoms with Crippen LogP contribution in [0.4, 0.5) is 0 Å². The number of terminal acetylenes is 1. The maximum Gasteiger partial charge on any atom is 1.00 e. The Morgan fingerprint density at radius 3 is 2.02 bits per heavy atom. The first-order valence-electron chi connectivity index (χ1n) is 23.7. The quantitative estimate of drug-likeness (QED) is 0.0990. The minimum Gasteiger partial charge on any atom is -0.504 e. The average Bonchev–Trinajstić information content (AvgIpc) is 3.86. The zero-order valence-corrected chi connectivity index (χ0v) is 41.6. The van der Waals surface area contributed by atoms with Gasteiger partial charge in [0.2, 0.25) is 0 Å². The third kappa shape index (κ3) is 10.2. The van der Waals surface area contributed by atoms with Crippen molar-refractivity contribution in [2.24, 2.45) is 22.7 Å². The third-order valence-corrected chi connectivity index (χ3v) is 15.4. The zero-order valence-electron chi connectivity index (χ0n) is 39.6. The number of cyclic esters (lactones) is 1. The van der Waals surface area contributed by atoms with Crippen molar-refractivity contribution in [3.05, 3.63) is 12.2 Å². The summed E-state index contributed by atoms with van der Waals surface area (Å²) in [5.41, 5.74) is -1.67. The fraction of sp³-hybridized carbons (Fsp3) is 0.851. The van der Waals surface area contributed by atoms with E-state index in [0.717, 1.165) is 0 Å². The first-order valence-corrected chi connectivity index (χ1v) is 23.7. The molecular weight excluding hydrogens is 838 g/mol. The molecule has 7 rings (SSSR count).